The Morgan fingerprint density at radius 2 is 0.664 bits per heavy atom. The lowest BCUT2D eigenvalue weighted by Crippen LogP contribution is -2.70. The van der Waals surface area contributed by atoms with Crippen LogP contribution in [0.1, 0.15) is 433 Å². The number of aliphatic hydroxyl groups excluding tert-OH is 9. The number of esters is 4. The number of hydrogen-bond acceptors (Lipinski definition) is 24. The van der Waals surface area contributed by atoms with Crippen molar-refractivity contribution < 1.29 is 122 Å². The van der Waals surface area contributed by atoms with Crippen molar-refractivity contribution in [3.63, 3.8) is 0 Å². The number of phosphoric acid groups is 1. The molecule has 2 saturated heterocycles. The Morgan fingerprint density at radius 1 is 0.344 bits per heavy atom. The molecule has 3 aliphatic rings. The summed E-state index contributed by atoms with van der Waals surface area (Å²) in [6.07, 6.45) is 30.4. The molecule has 1 saturated carbocycles. The summed E-state index contributed by atoms with van der Waals surface area (Å²) < 4.78 is 73.7. The van der Waals surface area contributed by atoms with E-state index in [1.165, 1.54) is 186 Å². The van der Waals surface area contributed by atoms with E-state index in [1.807, 2.05) is 0 Å². The first-order valence-electron chi connectivity index (χ1n) is 49.7. The van der Waals surface area contributed by atoms with Crippen LogP contribution in [-0.2, 0) is 70.7 Å². The highest BCUT2D eigenvalue weighted by molar-refractivity contribution is 7.47. The Balaban J connectivity index is 1.91. The molecule has 3 rings (SSSR count). The van der Waals surface area contributed by atoms with E-state index in [4.69, 9.17) is 46.9 Å². The van der Waals surface area contributed by atoms with Gasteiger partial charge in [-0.05, 0) is 63.2 Å². The quantitative estimate of drug-likeness (QED) is 0.00889. The summed E-state index contributed by atoms with van der Waals surface area (Å²) in [5.74, 6) is -1.64. The van der Waals surface area contributed by atoms with Crippen LogP contribution in [0.3, 0.4) is 0 Å². The van der Waals surface area contributed by atoms with Gasteiger partial charge in [-0.25, -0.2) is 4.57 Å². The molecular weight excluding hydrogens is 1580 g/mol. The molecule has 10 N–H and O–H groups in total. The van der Waals surface area contributed by atoms with Crippen LogP contribution in [0.15, 0.2) is 12.2 Å². The number of ether oxygens (including phenoxy) is 8. The van der Waals surface area contributed by atoms with Crippen molar-refractivity contribution in [2.24, 2.45) is 11.8 Å². The maximum absolute atomic E-state index is 15.0. The Morgan fingerprint density at radius 3 is 1.07 bits per heavy atom. The van der Waals surface area contributed by atoms with Crippen molar-refractivity contribution in [1.29, 1.82) is 0 Å². The number of rotatable bonds is 80. The van der Waals surface area contributed by atoms with Crippen LogP contribution in [0.4, 0.5) is 0 Å². The SMILES string of the molecule is CCCCCC/C=C\CCCCCCCCCC(=O)OC(COC(=O)CCCCCCCCCCCCCCCCCC)COP(=O)(O)OC1C(OC2OC(CO)C(O)C(O)C2O)C(O)C(O)C(OC(=O)CCCCCCCCC(C)CCCCCCCC)C1OC1OC(COC(=O)CCCCCCCCC(C)CCCCCCCC)C(O)C(O)C1O. The normalized spacial score (nSPS) is 25.0. The molecule has 718 valence electrons. The summed E-state index contributed by atoms with van der Waals surface area (Å²) in [6.45, 7) is 10.3. The molecule has 3 fully saturated rings. The van der Waals surface area contributed by atoms with E-state index in [2.05, 4.69) is 53.7 Å². The maximum Gasteiger partial charge on any atom is 0.472 e. The fraction of sp³-hybridized carbons (Fsp3) is 0.938. The Hall–Kier alpha value is -2.79. The maximum atomic E-state index is 15.0. The third kappa shape index (κ3) is 52.8. The smallest absolute Gasteiger partial charge is 0.463 e. The number of aliphatic hydroxyl groups is 9. The summed E-state index contributed by atoms with van der Waals surface area (Å²) >= 11 is 0. The zero-order valence-corrected chi connectivity index (χ0v) is 78.0. The molecule has 0 aromatic heterocycles. The van der Waals surface area contributed by atoms with Gasteiger partial charge < -0.3 is 88.7 Å². The Labute approximate surface area is 737 Å². The number of allylic oxidation sites excluding steroid dienone is 2. The van der Waals surface area contributed by atoms with Crippen molar-refractivity contribution in [2.45, 2.75) is 537 Å². The first-order chi connectivity index (χ1) is 59.0. The molecule has 20 atom stereocenters. The van der Waals surface area contributed by atoms with Crippen LogP contribution >= 0.6 is 7.82 Å². The number of phosphoric ester groups is 1. The van der Waals surface area contributed by atoms with Gasteiger partial charge in [-0.3, -0.25) is 28.2 Å². The summed E-state index contributed by atoms with van der Waals surface area (Å²) in [5, 5.41) is 103. The van der Waals surface area contributed by atoms with E-state index in [1.54, 1.807) is 0 Å². The van der Waals surface area contributed by atoms with Crippen molar-refractivity contribution in [3.05, 3.63) is 12.2 Å². The summed E-state index contributed by atoms with van der Waals surface area (Å²) in [7, 11) is -5.81. The highest BCUT2D eigenvalue weighted by Crippen LogP contribution is 2.49. The molecule has 0 amide bonds. The number of unbranched alkanes of at least 4 members (excludes halogenated alkanes) is 46. The van der Waals surface area contributed by atoms with E-state index >= 15 is 0 Å². The van der Waals surface area contributed by atoms with E-state index in [9.17, 15) is 74.6 Å². The number of carbonyl (C=O) groups excluding carboxylic acids is 4. The second kappa shape index (κ2) is 72.9. The van der Waals surface area contributed by atoms with Gasteiger partial charge in [-0.2, -0.15) is 0 Å². The van der Waals surface area contributed by atoms with Gasteiger partial charge in [0.05, 0.1) is 13.2 Å². The van der Waals surface area contributed by atoms with Gasteiger partial charge in [-0.15, -0.1) is 0 Å². The molecule has 2 heterocycles. The summed E-state index contributed by atoms with van der Waals surface area (Å²) in [6, 6.07) is 0. The van der Waals surface area contributed by atoms with Crippen molar-refractivity contribution >= 4 is 31.7 Å². The average Bonchev–Trinajstić information content (AvgIpc) is 0.753. The van der Waals surface area contributed by atoms with Gasteiger partial charge >= 0.3 is 31.7 Å². The predicted octanol–water partition coefficient (Wildman–Crippen LogP) is 19.2. The first kappa shape index (κ1) is 113. The molecule has 122 heavy (non-hydrogen) atoms. The van der Waals surface area contributed by atoms with Crippen LogP contribution in [0, 0.1) is 11.8 Å². The highest BCUT2D eigenvalue weighted by Gasteiger charge is 2.60. The van der Waals surface area contributed by atoms with Gasteiger partial charge in [0.2, 0.25) is 0 Å². The zero-order chi connectivity index (χ0) is 89.2. The number of carbonyl (C=O) groups is 4. The van der Waals surface area contributed by atoms with Gasteiger partial charge in [0.25, 0.3) is 0 Å². The molecular formula is C96H179O25P. The minimum atomic E-state index is -5.81. The monoisotopic (exact) mass is 1760 g/mol. The van der Waals surface area contributed by atoms with Crippen molar-refractivity contribution in [1.82, 2.24) is 0 Å². The van der Waals surface area contributed by atoms with E-state index in [-0.39, 0.29) is 25.7 Å². The predicted molar refractivity (Wildman–Crippen MR) is 476 cm³/mol. The Bertz CT molecular complexity index is 2610. The topological polar surface area (TPSA) is 380 Å². The number of hydrogen-bond donors (Lipinski definition) is 10. The zero-order valence-electron chi connectivity index (χ0n) is 77.1. The fourth-order valence-corrected chi connectivity index (χ4v) is 17.7. The molecule has 25 nitrogen and oxygen atoms in total. The average molecular weight is 1760 g/mol. The molecule has 0 aromatic carbocycles. The molecule has 26 heteroatoms. The van der Waals surface area contributed by atoms with Gasteiger partial charge in [0.15, 0.2) is 24.8 Å². The van der Waals surface area contributed by atoms with Crippen LogP contribution in [0.2, 0.25) is 0 Å². The molecule has 0 bridgehead atoms. The van der Waals surface area contributed by atoms with E-state index in [0.29, 0.717) is 50.4 Å². The molecule has 0 spiro atoms. The van der Waals surface area contributed by atoms with Crippen LogP contribution in [0.25, 0.3) is 0 Å². The highest BCUT2D eigenvalue weighted by atomic mass is 31.2. The van der Waals surface area contributed by atoms with Crippen molar-refractivity contribution in [2.75, 3.05) is 26.4 Å². The molecule has 20 unspecified atom stereocenters. The van der Waals surface area contributed by atoms with Gasteiger partial charge in [0.1, 0.15) is 92.6 Å². The van der Waals surface area contributed by atoms with Crippen LogP contribution < -0.4 is 0 Å². The van der Waals surface area contributed by atoms with Gasteiger partial charge in [-0.1, -0.05) is 368 Å². The molecule has 0 radical (unpaired) electrons. The lowest BCUT2D eigenvalue weighted by molar-refractivity contribution is -0.360. The Kier molecular flexibility index (Phi) is 67.8. The largest absolute Gasteiger partial charge is 0.472 e. The lowest BCUT2D eigenvalue weighted by atomic mass is 9.84. The molecule has 0 aromatic rings. The summed E-state index contributed by atoms with van der Waals surface area (Å²) in [5.41, 5.74) is 0. The lowest BCUT2D eigenvalue weighted by Gasteiger charge is -2.50. The second-order valence-corrected chi connectivity index (χ2v) is 37.6. The van der Waals surface area contributed by atoms with Crippen molar-refractivity contribution in [3.8, 4) is 0 Å². The molecule has 1 aliphatic carbocycles. The standard InChI is InChI=1S/C96H179O25P/c1-7-11-15-19-23-25-27-29-31-33-34-36-38-40-50-58-66-79(98)112-71-76(115-81(100)68-60-52-41-39-37-35-32-30-28-26-24-20-16-12-8-2)72-114-122(110,111)121-94-92(119-95-89(108)85(104)83(102)77(70-97)116-95)88(107)87(106)91(118-82(101)69-61-53-45-43-49-57-65-75(6)63-55-47-22-18-14-10-4)93(94)120-96-90(109)86(105)84(103)78(117-96)73-113-80(99)67-59-51-44-42-48-56-64-74(5)62-54-46-21-17-13-9-3/h26,28,74-78,83-97,102-109H,7-25,27,29-73H2,1-6H3,(H,110,111)/b28-26-. The van der Waals surface area contributed by atoms with E-state index in [0.717, 1.165) is 141 Å². The van der Waals surface area contributed by atoms with Crippen LogP contribution in [0.5, 0.6) is 0 Å². The van der Waals surface area contributed by atoms with E-state index < -0.39 is 162 Å². The summed E-state index contributed by atoms with van der Waals surface area (Å²) in [4.78, 5) is 66.7. The molecule has 2 aliphatic heterocycles. The van der Waals surface area contributed by atoms with Crippen LogP contribution in [-0.4, -0.2) is 205 Å². The van der Waals surface area contributed by atoms with Gasteiger partial charge in [0, 0.05) is 25.7 Å². The minimum absolute atomic E-state index is 0.0155. The third-order valence-corrected chi connectivity index (χ3v) is 25.8. The second-order valence-electron chi connectivity index (χ2n) is 36.2. The first-order valence-corrected chi connectivity index (χ1v) is 51.2. The fourth-order valence-electron chi connectivity index (χ4n) is 16.7. The third-order valence-electron chi connectivity index (χ3n) is 24.8. The minimum Gasteiger partial charge on any atom is -0.463 e.